The van der Waals surface area contributed by atoms with Crippen molar-refractivity contribution in [2.45, 2.75) is 6.92 Å². The molecule has 0 unspecified atom stereocenters. The molecule has 2 rings (SSSR count). The molecule has 0 spiro atoms. The third-order valence-corrected chi connectivity index (χ3v) is 2.96. The number of ether oxygens (including phenoxy) is 1. The Labute approximate surface area is 122 Å². The molecule has 0 radical (unpaired) electrons. The summed E-state index contributed by atoms with van der Waals surface area (Å²) in [4.78, 5) is 18.3. The van der Waals surface area contributed by atoms with Gasteiger partial charge >= 0.3 is 0 Å². The number of nitro groups is 1. The number of rotatable bonds is 4. The summed E-state index contributed by atoms with van der Waals surface area (Å²) < 4.78 is 6.10. The number of nitrogens with one attached hydrogen (secondary N) is 1. The van der Waals surface area contributed by atoms with Gasteiger partial charge < -0.3 is 10.2 Å². The zero-order valence-corrected chi connectivity index (χ0v) is 11.9. The van der Waals surface area contributed by atoms with Crippen LogP contribution in [0.4, 0.5) is 11.5 Å². The smallest absolute Gasteiger partial charge is 0.273 e. The van der Waals surface area contributed by atoms with Crippen molar-refractivity contribution >= 4 is 27.4 Å². The van der Waals surface area contributed by atoms with Crippen molar-refractivity contribution in [1.29, 1.82) is 0 Å². The second kappa shape index (κ2) is 5.80. The Morgan fingerprint density at radius 1 is 1.40 bits per heavy atom. The summed E-state index contributed by atoms with van der Waals surface area (Å²) in [5, 5.41) is 10.8. The lowest BCUT2D eigenvalue weighted by molar-refractivity contribution is -0.384. The monoisotopic (exact) mass is 339 g/mol. The predicted octanol–water partition coefficient (Wildman–Crippen LogP) is 2.53. The first kappa shape index (κ1) is 14.2. The molecule has 0 fully saturated rings. The van der Waals surface area contributed by atoms with Crippen molar-refractivity contribution in [2.24, 2.45) is 5.84 Å². The predicted molar refractivity (Wildman–Crippen MR) is 75.4 cm³/mol. The minimum absolute atomic E-state index is 0.0776. The molecule has 1 heterocycles. The second-order valence-corrected chi connectivity index (χ2v) is 4.61. The number of aryl methyl sites for hydroxylation is 1. The van der Waals surface area contributed by atoms with E-state index in [1.54, 1.807) is 6.92 Å². The maximum Gasteiger partial charge on any atom is 0.273 e. The van der Waals surface area contributed by atoms with E-state index in [0.717, 1.165) is 0 Å². The van der Waals surface area contributed by atoms with Crippen molar-refractivity contribution in [3.63, 3.8) is 0 Å². The molecule has 0 saturated carbocycles. The van der Waals surface area contributed by atoms with Gasteiger partial charge in [0.25, 0.3) is 5.69 Å². The number of nitrogen functional groups attached to an aromatic ring is 1. The van der Waals surface area contributed by atoms with Crippen LogP contribution in [0.25, 0.3) is 0 Å². The van der Waals surface area contributed by atoms with Crippen LogP contribution in [0.15, 0.2) is 28.7 Å². The molecule has 0 amide bonds. The quantitative estimate of drug-likeness (QED) is 0.499. The first-order chi connectivity index (χ1) is 9.49. The fourth-order valence-corrected chi connectivity index (χ4v) is 1.79. The zero-order chi connectivity index (χ0) is 14.7. The van der Waals surface area contributed by atoms with Gasteiger partial charge in [-0.1, -0.05) is 0 Å². The summed E-state index contributed by atoms with van der Waals surface area (Å²) in [6, 6.07) is 5.69. The van der Waals surface area contributed by atoms with Gasteiger partial charge in [0.05, 0.1) is 15.5 Å². The van der Waals surface area contributed by atoms with Crippen molar-refractivity contribution in [1.82, 2.24) is 9.97 Å². The van der Waals surface area contributed by atoms with Gasteiger partial charge in [0.15, 0.2) is 5.75 Å². The average molecular weight is 340 g/mol. The highest BCUT2D eigenvalue weighted by Gasteiger charge is 2.12. The summed E-state index contributed by atoms with van der Waals surface area (Å²) in [7, 11) is 0. The van der Waals surface area contributed by atoms with Crippen LogP contribution < -0.4 is 16.0 Å². The van der Waals surface area contributed by atoms with Gasteiger partial charge in [-0.05, 0) is 28.9 Å². The third kappa shape index (κ3) is 3.19. The number of benzene rings is 1. The number of nitrogens with two attached hydrogens (primary N) is 1. The van der Waals surface area contributed by atoms with Gasteiger partial charge in [-0.25, -0.2) is 10.8 Å². The van der Waals surface area contributed by atoms with E-state index in [0.29, 0.717) is 16.1 Å². The number of anilines is 1. The second-order valence-electron chi connectivity index (χ2n) is 3.76. The zero-order valence-electron chi connectivity index (χ0n) is 10.3. The van der Waals surface area contributed by atoms with Gasteiger partial charge in [0, 0.05) is 12.1 Å². The van der Waals surface area contributed by atoms with E-state index in [4.69, 9.17) is 10.6 Å². The van der Waals surface area contributed by atoms with Crippen LogP contribution in [-0.2, 0) is 0 Å². The number of nitro benzene ring substituents is 1. The molecule has 0 saturated heterocycles. The van der Waals surface area contributed by atoms with Crippen LogP contribution in [0.2, 0.25) is 0 Å². The van der Waals surface area contributed by atoms with E-state index in [1.807, 2.05) is 0 Å². The van der Waals surface area contributed by atoms with E-state index in [-0.39, 0.29) is 17.3 Å². The molecule has 0 atom stereocenters. The molecule has 20 heavy (non-hydrogen) atoms. The number of hydrogen-bond donors (Lipinski definition) is 2. The molecule has 0 bridgehead atoms. The Morgan fingerprint density at radius 2 is 2.15 bits per heavy atom. The Bertz CT molecular complexity index is 665. The van der Waals surface area contributed by atoms with E-state index >= 15 is 0 Å². The lowest BCUT2D eigenvalue weighted by Gasteiger charge is -2.08. The number of hydrogen-bond acceptors (Lipinski definition) is 7. The van der Waals surface area contributed by atoms with Gasteiger partial charge in [-0.2, -0.15) is 4.98 Å². The Hall–Kier alpha value is -2.26. The molecule has 9 heteroatoms. The summed E-state index contributed by atoms with van der Waals surface area (Å²) in [5.41, 5.74) is 2.31. The first-order valence-corrected chi connectivity index (χ1v) is 6.23. The molecule has 2 aromatic rings. The summed E-state index contributed by atoms with van der Waals surface area (Å²) in [5.74, 6) is 6.63. The number of non-ortho nitro benzene ring substituents is 1. The van der Waals surface area contributed by atoms with E-state index < -0.39 is 4.92 Å². The fraction of sp³-hybridized carbons (Fsp3) is 0.0909. The van der Waals surface area contributed by atoms with Crippen molar-refractivity contribution in [3.8, 4) is 11.6 Å². The SMILES string of the molecule is Cc1nc(NN)cc(Oc2cc([N+](=O)[O-])ccc2Br)n1. The van der Waals surface area contributed by atoms with Gasteiger partial charge in [0.1, 0.15) is 11.6 Å². The third-order valence-electron chi connectivity index (χ3n) is 2.30. The average Bonchev–Trinajstić information content (AvgIpc) is 2.40. The van der Waals surface area contributed by atoms with Crippen molar-refractivity contribution in [3.05, 3.63) is 44.7 Å². The molecule has 0 aliphatic heterocycles. The number of halogens is 1. The highest BCUT2D eigenvalue weighted by molar-refractivity contribution is 9.10. The topological polar surface area (TPSA) is 116 Å². The van der Waals surface area contributed by atoms with Gasteiger partial charge in [0.2, 0.25) is 5.88 Å². The Kier molecular flexibility index (Phi) is 4.11. The van der Waals surface area contributed by atoms with Crippen LogP contribution >= 0.6 is 15.9 Å². The Morgan fingerprint density at radius 3 is 2.80 bits per heavy atom. The van der Waals surface area contributed by atoms with Crippen molar-refractivity contribution in [2.75, 3.05) is 5.43 Å². The lowest BCUT2D eigenvalue weighted by Crippen LogP contribution is -2.09. The maximum absolute atomic E-state index is 10.8. The van der Waals surface area contributed by atoms with E-state index in [2.05, 4.69) is 31.3 Å². The largest absolute Gasteiger partial charge is 0.437 e. The lowest BCUT2D eigenvalue weighted by atomic mass is 10.3. The first-order valence-electron chi connectivity index (χ1n) is 5.43. The minimum Gasteiger partial charge on any atom is -0.437 e. The number of nitrogens with zero attached hydrogens (tertiary/aromatic N) is 3. The van der Waals surface area contributed by atoms with Gasteiger partial charge in [-0.3, -0.25) is 10.1 Å². The normalized spacial score (nSPS) is 10.2. The molecule has 1 aromatic carbocycles. The maximum atomic E-state index is 10.8. The summed E-state index contributed by atoms with van der Waals surface area (Å²) in [6.07, 6.45) is 0. The fourth-order valence-electron chi connectivity index (χ4n) is 1.46. The standard InChI is InChI=1S/C11H10BrN5O3/c1-6-14-10(16-13)5-11(15-6)20-9-4-7(17(18)19)2-3-8(9)12/h2-5H,13H2,1H3,(H,14,15,16). The van der Waals surface area contributed by atoms with Crippen LogP contribution in [0, 0.1) is 17.0 Å². The summed E-state index contributed by atoms with van der Waals surface area (Å²) >= 11 is 3.26. The highest BCUT2D eigenvalue weighted by atomic mass is 79.9. The molecule has 1 aromatic heterocycles. The number of aromatic nitrogens is 2. The Balaban J connectivity index is 2.36. The minimum atomic E-state index is -0.503. The molecular weight excluding hydrogens is 330 g/mol. The highest BCUT2D eigenvalue weighted by Crippen LogP contribution is 2.32. The molecule has 0 aliphatic rings. The van der Waals surface area contributed by atoms with E-state index in [9.17, 15) is 10.1 Å². The molecule has 0 aliphatic carbocycles. The van der Waals surface area contributed by atoms with Crippen LogP contribution in [0.5, 0.6) is 11.6 Å². The molecule has 8 nitrogen and oxygen atoms in total. The van der Waals surface area contributed by atoms with Crippen LogP contribution in [-0.4, -0.2) is 14.9 Å². The molecular formula is C11H10BrN5O3. The molecule has 3 N–H and O–H groups in total. The molecule has 104 valence electrons. The number of hydrazine groups is 1. The van der Waals surface area contributed by atoms with Crippen LogP contribution in [0.3, 0.4) is 0 Å². The summed E-state index contributed by atoms with van der Waals surface area (Å²) in [6.45, 7) is 1.68. The van der Waals surface area contributed by atoms with E-state index in [1.165, 1.54) is 24.3 Å². The van der Waals surface area contributed by atoms with Gasteiger partial charge in [-0.15, -0.1) is 0 Å². The van der Waals surface area contributed by atoms with Crippen molar-refractivity contribution < 1.29 is 9.66 Å². The van der Waals surface area contributed by atoms with Crippen LogP contribution in [0.1, 0.15) is 5.82 Å².